The van der Waals surface area contributed by atoms with Crippen molar-refractivity contribution in [2.75, 3.05) is 5.32 Å². The first kappa shape index (κ1) is 14.3. The number of nitrogens with zero attached hydrogens (tertiary/aromatic N) is 2. The molecule has 1 aliphatic rings. The maximum atomic E-state index is 4.66. The zero-order valence-electron chi connectivity index (χ0n) is 12.9. The summed E-state index contributed by atoms with van der Waals surface area (Å²) >= 11 is 0. The molecule has 19 heavy (non-hydrogen) atoms. The molecule has 0 saturated heterocycles. The smallest absolute Gasteiger partial charge is 0.133 e. The van der Waals surface area contributed by atoms with Gasteiger partial charge in [-0.3, -0.25) is 0 Å². The molecule has 1 heterocycles. The highest BCUT2D eigenvalue weighted by atomic mass is 15.1. The summed E-state index contributed by atoms with van der Waals surface area (Å²) in [7, 11) is 0. The van der Waals surface area contributed by atoms with Gasteiger partial charge in [0.15, 0.2) is 0 Å². The zero-order valence-corrected chi connectivity index (χ0v) is 12.9. The molecular weight excluding hydrogens is 234 g/mol. The molecule has 3 unspecified atom stereocenters. The molecule has 1 fully saturated rings. The summed E-state index contributed by atoms with van der Waals surface area (Å²) in [5.41, 5.74) is 1.05. The molecule has 0 aromatic carbocycles. The molecule has 3 heteroatoms. The fourth-order valence-electron chi connectivity index (χ4n) is 2.90. The maximum absolute atomic E-state index is 4.66. The third-order valence-electron chi connectivity index (χ3n) is 4.43. The molecule has 106 valence electrons. The van der Waals surface area contributed by atoms with Crippen molar-refractivity contribution in [3.63, 3.8) is 0 Å². The Bertz CT molecular complexity index is 428. The van der Waals surface area contributed by atoms with Gasteiger partial charge >= 0.3 is 0 Å². The first-order valence-corrected chi connectivity index (χ1v) is 7.59. The van der Waals surface area contributed by atoms with Gasteiger partial charge in [-0.25, -0.2) is 9.97 Å². The van der Waals surface area contributed by atoms with Gasteiger partial charge in [-0.15, -0.1) is 0 Å². The summed E-state index contributed by atoms with van der Waals surface area (Å²) in [6.45, 7) is 11.1. The molecule has 0 radical (unpaired) electrons. The molecule has 1 saturated carbocycles. The zero-order chi connectivity index (χ0) is 14.0. The molecule has 2 rings (SSSR count). The fourth-order valence-corrected chi connectivity index (χ4v) is 2.90. The number of nitrogens with one attached hydrogen (secondary N) is 1. The van der Waals surface area contributed by atoms with Crippen LogP contribution in [0.4, 0.5) is 5.82 Å². The van der Waals surface area contributed by atoms with Crippen molar-refractivity contribution in [3.8, 4) is 0 Å². The van der Waals surface area contributed by atoms with Crippen molar-refractivity contribution in [3.05, 3.63) is 17.6 Å². The molecule has 0 aliphatic heterocycles. The lowest BCUT2D eigenvalue weighted by atomic mass is 9.78. The van der Waals surface area contributed by atoms with Gasteiger partial charge in [0.2, 0.25) is 0 Å². The van der Waals surface area contributed by atoms with E-state index in [1.165, 1.54) is 19.3 Å². The molecule has 1 N–H and O–H groups in total. The van der Waals surface area contributed by atoms with E-state index in [9.17, 15) is 0 Å². The van der Waals surface area contributed by atoms with E-state index in [-0.39, 0.29) is 0 Å². The van der Waals surface area contributed by atoms with Gasteiger partial charge in [0.1, 0.15) is 11.6 Å². The van der Waals surface area contributed by atoms with E-state index in [1.54, 1.807) is 0 Å². The number of aromatic nitrogens is 2. The van der Waals surface area contributed by atoms with E-state index in [2.05, 4.69) is 49.0 Å². The minimum Gasteiger partial charge on any atom is -0.367 e. The van der Waals surface area contributed by atoms with Crippen molar-refractivity contribution in [2.24, 2.45) is 11.8 Å². The van der Waals surface area contributed by atoms with Crippen molar-refractivity contribution < 1.29 is 0 Å². The van der Waals surface area contributed by atoms with E-state index in [1.807, 2.05) is 6.92 Å². The van der Waals surface area contributed by atoms with Crippen LogP contribution in [0.15, 0.2) is 6.07 Å². The van der Waals surface area contributed by atoms with Gasteiger partial charge in [-0.2, -0.15) is 0 Å². The van der Waals surface area contributed by atoms with Gasteiger partial charge < -0.3 is 5.32 Å². The first-order chi connectivity index (χ1) is 8.97. The normalized spacial score (nSPS) is 27.6. The van der Waals surface area contributed by atoms with E-state index in [0.717, 1.165) is 23.3 Å². The second kappa shape index (κ2) is 5.89. The van der Waals surface area contributed by atoms with Crippen molar-refractivity contribution in [1.82, 2.24) is 9.97 Å². The number of hydrogen-bond donors (Lipinski definition) is 1. The Morgan fingerprint density at radius 2 is 1.95 bits per heavy atom. The average Bonchev–Trinajstić information content (AvgIpc) is 2.34. The van der Waals surface area contributed by atoms with Crippen LogP contribution < -0.4 is 5.32 Å². The highest BCUT2D eigenvalue weighted by Gasteiger charge is 2.27. The summed E-state index contributed by atoms with van der Waals surface area (Å²) in [5, 5.41) is 3.65. The van der Waals surface area contributed by atoms with Gasteiger partial charge in [0.25, 0.3) is 0 Å². The highest BCUT2D eigenvalue weighted by molar-refractivity contribution is 5.37. The van der Waals surface area contributed by atoms with Crippen LogP contribution in [-0.2, 0) is 0 Å². The summed E-state index contributed by atoms with van der Waals surface area (Å²) in [5.74, 6) is 3.84. The van der Waals surface area contributed by atoms with E-state index in [4.69, 9.17) is 0 Å². The minimum absolute atomic E-state index is 0.378. The van der Waals surface area contributed by atoms with Crippen LogP contribution in [0.1, 0.15) is 64.4 Å². The van der Waals surface area contributed by atoms with Crippen LogP contribution in [0.5, 0.6) is 0 Å². The fraction of sp³-hybridized carbons (Fsp3) is 0.750. The molecule has 0 amide bonds. The quantitative estimate of drug-likeness (QED) is 0.888. The van der Waals surface area contributed by atoms with Crippen molar-refractivity contribution in [2.45, 2.75) is 65.8 Å². The third kappa shape index (κ3) is 3.46. The topological polar surface area (TPSA) is 37.8 Å². The molecule has 3 nitrogen and oxygen atoms in total. The highest BCUT2D eigenvalue weighted by Crippen LogP contribution is 2.31. The van der Waals surface area contributed by atoms with E-state index >= 15 is 0 Å². The van der Waals surface area contributed by atoms with Gasteiger partial charge in [0.05, 0.1) is 0 Å². The van der Waals surface area contributed by atoms with Gasteiger partial charge in [0, 0.05) is 23.7 Å². The number of hydrogen-bond acceptors (Lipinski definition) is 3. The SMILES string of the molecule is Cc1cc(NC2CCCC(C)C2C)nc(C(C)C)n1. The number of aryl methyl sites for hydroxylation is 1. The Balaban J connectivity index is 2.14. The number of anilines is 1. The Labute approximate surface area is 117 Å². The summed E-state index contributed by atoms with van der Waals surface area (Å²) in [4.78, 5) is 9.17. The lowest BCUT2D eigenvalue weighted by Gasteiger charge is -2.35. The van der Waals surface area contributed by atoms with E-state index < -0.39 is 0 Å². The third-order valence-corrected chi connectivity index (χ3v) is 4.43. The monoisotopic (exact) mass is 261 g/mol. The molecule has 1 aliphatic carbocycles. The van der Waals surface area contributed by atoms with Crippen LogP contribution in [0.25, 0.3) is 0 Å². The predicted molar refractivity (Wildman–Crippen MR) is 80.4 cm³/mol. The summed E-state index contributed by atoms with van der Waals surface area (Å²) < 4.78 is 0. The van der Waals surface area contributed by atoms with Crippen LogP contribution in [0.3, 0.4) is 0 Å². The largest absolute Gasteiger partial charge is 0.367 e. The summed E-state index contributed by atoms with van der Waals surface area (Å²) in [6.07, 6.45) is 3.94. The Kier molecular flexibility index (Phi) is 4.43. The molecule has 3 atom stereocenters. The van der Waals surface area contributed by atoms with Crippen LogP contribution in [-0.4, -0.2) is 16.0 Å². The second-order valence-electron chi connectivity index (χ2n) is 6.43. The molecular formula is C16H27N3. The average molecular weight is 261 g/mol. The minimum atomic E-state index is 0.378. The Morgan fingerprint density at radius 3 is 2.63 bits per heavy atom. The van der Waals surface area contributed by atoms with Gasteiger partial charge in [-0.1, -0.05) is 40.5 Å². The molecule has 1 aromatic heterocycles. The predicted octanol–water partition coefficient (Wildman–Crippen LogP) is 4.15. The first-order valence-electron chi connectivity index (χ1n) is 7.59. The summed E-state index contributed by atoms with van der Waals surface area (Å²) in [6, 6.07) is 2.62. The van der Waals surface area contributed by atoms with Crippen LogP contribution in [0.2, 0.25) is 0 Å². The number of rotatable bonds is 3. The Hall–Kier alpha value is -1.12. The maximum Gasteiger partial charge on any atom is 0.133 e. The standard InChI is InChI=1S/C16H27N3/c1-10(2)16-17-12(4)9-15(19-16)18-14-8-6-7-11(3)13(14)5/h9-11,13-14H,6-8H2,1-5H3,(H,17,18,19). The second-order valence-corrected chi connectivity index (χ2v) is 6.43. The lowest BCUT2D eigenvalue weighted by molar-refractivity contribution is 0.253. The van der Waals surface area contributed by atoms with Crippen LogP contribution >= 0.6 is 0 Å². The van der Waals surface area contributed by atoms with Crippen LogP contribution in [0, 0.1) is 18.8 Å². The van der Waals surface area contributed by atoms with Gasteiger partial charge in [-0.05, 0) is 25.2 Å². The van der Waals surface area contributed by atoms with Crippen molar-refractivity contribution in [1.29, 1.82) is 0 Å². The molecule has 0 bridgehead atoms. The molecule has 1 aromatic rings. The van der Waals surface area contributed by atoms with E-state index in [0.29, 0.717) is 17.9 Å². The lowest BCUT2D eigenvalue weighted by Crippen LogP contribution is -2.35. The molecule has 0 spiro atoms. The van der Waals surface area contributed by atoms with Crippen molar-refractivity contribution >= 4 is 5.82 Å². The Morgan fingerprint density at radius 1 is 1.21 bits per heavy atom.